The van der Waals surface area contributed by atoms with Gasteiger partial charge in [-0.1, -0.05) is 0 Å². The number of thiophene rings is 1. The van der Waals surface area contributed by atoms with E-state index < -0.39 is 0 Å². The maximum Gasteiger partial charge on any atom is 0.275 e. The van der Waals surface area contributed by atoms with Gasteiger partial charge in [0.1, 0.15) is 10.7 Å². The highest BCUT2D eigenvalue weighted by molar-refractivity contribution is 7.18. The van der Waals surface area contributed by atoms with Crippen LogP contribution in [0, 0.1) is 26.7 Å². The number of aryl methyl sites for hydroxylation is 3. The summed E-state index contributed by atoms with van der Waals surface area (Å²) in [4.78, 5) is 33.3. The summed E-state index contributed by atoms with van der Waals surface area (Å²) in [5.74, 6) is 1.69. The lowest BCUT2D eigenvalue weighted by Crippen LogP contribution is -3.14. The summed E-state index contributed by atoms with van der Waals surface area (Å²) in [5, 5.41) is 3.85. The zero-order valence-corrected chi connectivity index (χ0v) is 17.2. The third-order valence-electron chi connectivity index (χ3n) is 6.13. The Morgan fingerprint density at radius 2 is 1.93 bits per heavy atom. The molecule has 6 nitrogen and oxygen atoms in total. The number of nitrogens with one attached hydrogen (secondary N) is 2. The van der Waals surface area contributed by atoms with Crippen molar-refractivity contribution < 1.29 is 9.69 Å². The molecule has 0 spiro atoms. The molecule has 7 heteroatoms. The summed E-state index contributed by atoms with van der Waals surface area (Å²) < 4.78 is 1.91. The number of carbonyl (C=O) groups excluding carboxylic acids is 1. The number of rotatable bonds is 5. The van der Waals surface area contributed by atoms with Gasteiger partial charge in [-0.25, -0.2) is 4.98 Å². The second-order valence-electron chi connectivity index (χ2n) is 8.20. The van der Waals surface area contributed by atoms with Crippen molar-refractivity contribution >= 4 is 27.5 Å². The van der Waals surface area contributed by atoms with Crippen LogP contribution in [0.25, 0.3) is 10.2 Å². The van der Waals surface area contributed by atoms with E-state index >= 15 is 0 Å². The minimum atomic E-state index is 0.106. The monoisotopic (exact) mass is 389 g/mol. The zero-order chi connectivity index (χ0) is 19.1. The van der Waals surface area contributed by atoms with Crippen molar-refractivity contribution in [3.8, 4) is 0 Å². The number of piperidine rings is 1. The maximum absolute atomic E-state index is 13.2. The van der Waals surface area contributed by atoms with Gasteiger partial charge in [0.25, 0.3) is 11.5 Å². The van der Waals surface area contributed by atoms with Gasteiger partial charge in [0, 0.05) is 30.3 Å². The van der Waals surface area contributed by atoms with Crippen LogP contribution in [0.1, 0.15) is 48.0 Å². The van der Waals surface area contributed by atoms with Gasteiger partial charge >= 0.3 is 0 Å². The first-order chi connectivity index (χ1) is 12.9. The molecule has 0 aromatic carbocycles. The van der Waals surface area contributed by atoms with Crippen LogP contribution in [0.4, 0.5) is 0 Å². The van der Waals surface area contributed by atoms with Gasteiger partial charge in [-0.05, 0) is 45.1 Å². The van der Waals surface area contributed by atoms with E-state index in [2.05, 4.69) is 12.2 Å². The minimum absolute atomic E-state index is 0.106. The lowest BCUT2D eigenvalue weighted by molar-refractivity contribution is -0.897. The fraction of sp³-hybridized carbons (Fsp3) is 0.650. The van der Waals surface area contributed by atoms with E-state index in [9.17, 15) is 9.59 Å². The summed E-state index contributed by atoms with van der Waals surface area (Å²) in [6, 6.07) is 0.187. The zero-order valence-electron chi connectivity index (χ0n) is 16.4. The predicted octanol–water partition coefficient (Wildman–Crippen LogP) is 1.13. The van der Waals surface area contributed by atoms with Crippen LogP contribution < -0.4 is 15.8 Å². The fourth-order valence-corrected chi connectivity index (χ4v) is 5.22. The topological polar surface area (TPSA) is 68.4 Å². The van der Waals surface area contributed by atoms with E-state index in [0.717, 1.165) is 60.0 Å². The second kappa shape index (κ2) is 7.36. The number of hydrogen-bond donors (Lipinski definition) is 2. The maximum atomic E-state index is 13.2. The van der Waals surface area contributed by atoms with Gasteiger partial charge in [0.2, 0.25) is 0 Å². The van der Waals surface area contributed by atoms with Crippen LogP contribution in [0.2, 0.25) is 0 Å². The van der Waals surface area contributed by atoms with Crippen molar-refractivity contribution in [1.29, 1.82) is 0 Å². The minimum Gasteiger partial charge on any atom is -0.351 e. The Balaban J connectivity index is 1.44. The van der Waals surface area contributed by atoms with E-state index in [-0.39, 0.29) is 17.5 Å². The molecule has 1 saturated carbocycles. The molecule has 0 unspecified atom stereocenters. The molecule has 2 aromatic rings. The molecule has 4 rings (SSSR count). The third-order valence-corrected chi connectivity index (χ3v) is 7.24. The number of likely N-dealkylation sites (tertiary alicyclic amines) is 1. The van der Waals surface area contributed by atoms with Crippen molar-refractivity contribution in [2.45, 2.75) is 52.5 Å². The van der Waals surface area contributed by atoms with Crippen molar-refractivity contribution in [3.05, 3.63) is 26.6 Å². The molecule has 0 bridgehead atoms. The van der Waals surface area contributed by atoms with E-state index in [4.69, 9.17) is 4.98 Å². The first-order valence-corrected chi connectivity index (χ1v) is 10.8. The standard InChI is InChI=1S/C20H28N4O2S/c1-12-13(2)27-19-18(12)20(26)24(14(3)22-19)16-6-8-23(9-7-16)11-17(25)21-10-15-4-5-15/h15-16H,4-11H2,1-3H3,(H,21,25)/p+1. The summed E-state index contributed by atoms with van der Waals surface area (Å²) in [6.07, 6.45) is 4.35. The smallest absolute Gasteiger partial charge is 0.275 e. The number of carbonyl (C=O) groups is 1. The van der Waals surface area contributed by atoms with E-state index in [1.807, 2.05) is 18.4 Å². The molecule has 2 aliphatic rings. The molecule has 1 amide bonds. The van der Waals surface area contributed by atoms with Gasteiger partial charge in [-0.3, -0.25) is 14.2 Å². The molecule has 1 aliphatic carbocycles. The van der Waals surface area contributed by atoms with Crippen molar-refractivity contribution in [2.75, 3.05) is 26.2 Å². The van der Waals surface area contributed by atoms with Crippen molar-refractivity contribution in [2.24, 2.45) is 5.92 Å². The largest absolute Gasteiger partial charge is 0.351 e. The van der Waals surface area contributed by atoms with Crippen molar-refractivity contribution in [1.82, 2.24) is 14.9 Å². The Morgan fingerprint density at radius 3 is 2.59 bits per heavy atom. The second-order valence-corrected chi connectivity index (χ2v) is 9.41. The molecular weight excluding hydrogens is 360 g/mol. The van der Waals surface area contributed by atoms with E-state index in [0.29, 0.717) is 6.54 Å². The lowest BCUT2D eigenvalue weighted by atomic mass is 10.0. The Bertz CT molecular complexity index is 920. The fourth-order valence-electron chi connectivity index (χ4n) is 4.15. The number of quaternary nitrogens is 1. The van der Waals surface area contributed by atoms with E-state index in [1.165, 1.54) is 22.6 Å². The Labute approximate surface area is 163 Å². The molecular formula is C20H29N4O2S+. The Kier molecular flexibility index (Phi) is 5.07. The molecule has 2 N–H and O–H groups in total. The van der Waals surface area contributed by atoms with Crippen molar-refractivity contribution in [3.63, 3.8) is 0 Å². The van der Waals surface area contributed by atoms with E-state index in [1.54, 1.807) is 11.3 Å². The molecule has 0 radical (unpaired) electrons. The molecule has 146 valence electrons. The van der Waals surface area contributed by atoms with Crippen LogP contribution >= 0.6 is 11.3 Å². The summed E-state index contributed by atoms with van der Waals surface area (Å²) in [7, 11) is 0. The van der Waals surface area contributed by atoms with Gasteiger partial charge < -0.3 is 10.2 Å². The Morgan fingerprint density at radius 1 is 1.22 bits per heavy atom. The van der Waals surface area contributed by atoms with Crippen LogP contribution in [-0.2, 0) is 4.79 Å². The summed E-state index contributed by atoms with van der Waals surface area (Å²) in [6.45, 7) is 9.25. The SMILES string of the molecule is Cc1sc2nc(C)n(C3CC[NH+](CC(=O)NCC4CC4)CC3)c(=O)c2c1C. The highest BCUT2D eigenvalue weighted by atomic mass is 32.1. The van der Waals surface area contributed by atoms with Gasteiger partial charge in [-0.15, -0.1) is 11.3 Å². The molecule has 1 aliphatic heterocycles. The Hall–Kier alpha value is -1.73. The van der Waals surface area contributed by atoms with Crippen LogP contribution in [0.5, 0.6) is 0 Å². The van der Waals surface area contributed by atoms with Crippen LogP contribution in [-0.4, -0.2) is 41.6 Å². The normalized spacial score (nSPS) is 22.9. The average molecular weight is 390 g/mol. The van der Waals surface area contributed by atoms with Crippen LogP contribution in [0.15, 0.2) is 4.79 Å². The number of aromatic nitrogens is 2. The number of fused-ring (bicyclic) bond motifs is 1. The highest BCUT2D eigenvalue weighted by Gasteiger charge is 2.28. The quantitative estimate of drug-likeness (QED) is 0.806. The average Bonchev–Trinajstić information content (AvgIpc) is 3.41. The number of hydrogen-bond acceptors (Lipinski definition) is 4. The molecule has 0 atom stereocenters. The van der Waals surface area contributed by atoms with Gasteiger partial charge in [0.05, 0.1) is 18.5 Å². The molecule has 3 heterocycles. The third kappa shape index (κ3) is 3.80. The first kappa shape index (κ1) is 18.6. The number of amides is 1. The molecule has 2 fully saturated rings. The van der Waals surface area contributed by atoms with Crippen LogP contribution in [0.3, 0.4) is 0 Å². The molecule has 2 aromatic heterocycles. The number of nitrogens with zero attached hydrogens (tertiary/aromatic N) is 2. The first-order valence-electron chi connectivity index (χ1n) is 10.0. The van der Waals surface area contributed by atoms with Gasteiger partial charge in [0.15, 0.2) is 6.54 Å². The molecule has 27 heavy (non-hydrogen) atoms. The van der Waals surface area contributed by atoms with Gasteiger partial charge in [-0.2, -0.15) is 0 Å². The highest BCUT2D eigenvalue weighted by Crippen LogP contribution is 2.28. The molecule has 1 saturated heterocycles. The summed E-state index contributed by atoms with van der Waals surface area (Å²) in [5.41, 5.74) is 1.17. The predicted molar refractivity (Wildman–Crippen MR) is 108 cm³/mol. The lowest BCUT2D eigenvalue weighted by Gasteiger charge is -2.30. The summed E-state index contributed by atoms with van der Waals surface area (Å²) >= 11 is 1.61.